The molecule has 282 valence electrons. The summed E-state index contributed by atoms with van der Waals surface area (Å²) in [7, 11) is 1.79. The second-order valence-electron chi connectivity index (χ2n) is 10.8. The number of alkyl halides is 2. The van der Waals surface area contributed by atoms with Gasteiger partial charge < -0.3 is 25.3 Å². The quantitative estimate of drug-likeness (QED) is 0.0711. The molecule has 0 atom stereocenters. The largest absolute Gasteiger partial charge is 0.365 e. The number of hydrogen-bond donors (Lipinski definition) is 2. The van der Waals surface area contributed by atoms with Gasteiger partial charge in [-0.3, -0.25) is 50.0 Å². The fourth-order valence-electron chi connectivity index (χ4n) is 5.10. The summed E-state index contributed by atoms with van der Waals surface area (Å²) in [6.45, 7) is 5.75. The molecule has 0 bridgehead atoms. The number of amides is 2. The predicted molar refractivity (Wildman–Crippen MR) is 195 cm³/mol. The lowest BCUT2D eigenvalue weighted by Crippen LogP contribution is -2.31. The lowest BCUT2D eigenvalue weighted by Gasteiger charge is -2.22. The third-order valence-electron chi connectivity index (χ3n) is 7.62. The lowest BCUT2D eigenvalue weighted by atomic mass is 10.1. The molecule has 51 heavy (non-hydrogen) atoms. The first-order chi connectivity index (χ1) is 23.7. The number of nitro groups is 4. The van der Waals surface area contributed by atoms with Crippen LogP contribution in [0.4, 0.5) is 34.1 Å². The Morgan fingerprint density at radius 3 is 1.24 bits per heavy atom. The van der Waals surface area contributed by atoms with Gasteiger partial charge in [0.2, 0.25) is 0 Å². The lowest BCUT2D eigenvalue weighted by molar-refractivity contribution is -0.394. The topological polar surface area (TPSA) is 240 Å². The van der Waals surface area contributed by atoms with E-state index in [0.29, 0.717) is 39.0 Å². The maximum absolute atomic E-state index is 13.0. The zero-order chi connectivity index (χ0) is 37.5. The van der Waals surface area contributed by atoms with Gasteiger partial charge in [-0.2, -0.15) is 0 Å². The number of nitro benzene ring substituents is 4. The van der Waals surface area contributed by atoms with Crippen molar-refractivity contribution in [3.8, 4) is 0 Å². The number of anilines is 2. The maximum atomic E-state index is 13.0. The maximum Gasteiger partial charge on any atom is 0.299 e. The Morgan fingerprint density at radius 2 is 0.961 bits per heavy atom. The molecule has 0 fully saturated rings. The van der Waals surface area contributed by atoms with Crippen LogP contribution in [-0.4, -0.2) is 108 Å². The molecule has 0 aliphatic carbocycles. The molecule has 0 heterocycles. The van der Waals surface area contributed by atoms with E-state index >= 15 is 0 Å². The van der Waals surface area contributed by atoms with Crippen molar-refractivity contribution >= 4 is 81.5 Å². The second kappa shape index (κ2) is 21.6. The fourth-order valence-corrected chi connectivity index (χ4v) is 5.51. The van der Waals surface area contributed by atoms with Crippen molar-refractivity contribution in [1.82, 2.24) is 15.5 Å². The summed E-state index contributed by atoms with van der Waals surface area (Å²) in [5.41, 5.74) is -3.00. The molecule has 0 aliphatic heterocycles. The van der Waals surface area contributed by atoms with Crippen LogP contribution in [-0.2, 0) is 0 Å². The van der Waals surface area contributed by atoms with Crippen LogP contribution in [0, 0.1) is 40.5 Å². The first-order valence-electron chi connectivity index (χ1n) is 15.5. The highest BCUT2D eigenvalue weighted by Crippen LogP contribution is 2.36. The van der Waals surface area contributed by atoms with Gasteiger partial charge in [0.25, 0.3) is 34.6 Å². The van der Waals surface area contributed by atoms with E-state index in [-0.39, 0.29) is 72.8 Å². The van der Waals surface area contributed by atoms with E-state index in [4.69, 9.17) is 23.2 Å². The van der Waals surface area contributed by atoms with Crippen molar-refractivity contribution in [3.63, 3.8) is 0 Å². The van der Waals surface area contributed by atoms with Gasteiger partial charge in [-0.05, 0) is 59.0 Å². The fraction of sp³-hybridized carbons (Fsp3) is 0.517. The molecule has 2 rings (SSSR count). The number of carbonyl (C=O) groups is 2. The number of hydrogen-bond acceptors (Lipinski definition) is 13. The van der Waals surface area contributed by atoms with E-state index in [2.05, 4.69) is 10.6 Å². The van der Waals surface area contributed by atoms with Crippen LogP contribution < -0.4 is 20.4 Å². The van der Waals surface area contributed by atoms with Crippen LogP contribution in [0.25, 0.3) is 0 Å². The van der Waals surface area contributed by atoms with Crippen LogP contribution in [0.15, 0.2) is 24.3 Å². The van der Waals surface area contributed by atoms with Crippen LogP contribution in [0.3, 0.4) is 0 Å². The summed E-state index contributed by atoms with van der Waals surface area (Å²) in [6.07, 6.45) is 0.868. The Labute approximate surface area is 309 Å². The molecule has 0 unspecified atom stereocenters. The summed E-state index contributed by atoms with van der Waals surface area (Å²) < 4.78 is 0. The summed E-state index contributed by atoms with van der Waals surface area (Å²) in [4.78, 5) is 74.4. The Hall–Kier alpha value is -4.59. The smallest absolute Gasteiger partial charge is 0.299 e. The Bertz CT molecular complexity index is 1470. The van der Waals surface area contributed by atoms with Gasteiger partial charge in [0, 0.05) is 51.0 Å². The number of benzene rings is 2. The van der Waals surface area contributed by atoms with Crippen molar-refractivity contribution in [2.45, 2.75) is 26.7 Å². The third kappa shape index (κ3) is 12.3. The van der Waals surface area contributed by atoms with Crippen molar-refractivity contribution in [2.75, 3.05) is 81.0 Å². The number of carbonyl (C=O) groups excluding carboxylic acids is 2. The zero-order valence-corrected chi connectivity index (χ0v) is 30.5. The predicted octanol–water partition coefficient (Wildman–Crippen LogP) is 4.74. The van der Waals surface area contributed by atoms with Gasteiger partial charge in [-0.15, -0.1) is 35.6 Å². The molecule has 19 nitrogen and oxygen atoms in total. The van der Waals surface area contributed by atoms with E-state index in [1.807, 2.05) is 4.90 Å². The standard InChI is InChI=1S/C29H39Cl2N9O10.ClH/c1-4-35(14-8-30)24-16-20(22(37(43)44)18-26(24)39(47)48)28(41)32-10-6-12-34(3)13-7-11-33-29(42)21-17-25(36(5-2)15-9-31)27(40(49)50)19-23(21)38(45)46;/h16-19H,4-15H2,1-3H3,(H,32,41)(H,33,42);1H. The molecule has 0 aromatic heterocycles. The average molecular weight is 781 g/mol. The van der Waals surface area contributed by atoms with E-state index in [1.165, 1.54) is 0 Å². The van der Waals surface area contributed by atoms with Crippen molar-refractivity contribution in [3.05, 3.63) is 75.8 Å². The first-order valence-corrected chi connectivity index (χ1v) is 16.6. The van der Waals surface area contributed by atoms with Gasteiger partial charge in [0.05, 0.1) is 31.8 Å². The molecule has 0 radical (unpaired) electrons. The van der Waals surface area contributed by atoms with Crippen LogP contribution in [0.1, 0.15) is 47.4 Å². The monoisotopic (exact) mass is 779 g/mol. The summed E-state index contributed by atoms with van der Waals surface area (Å²) in [5, 5.41) is 51.9. The van der Waals surface area contributed by atoms with Crippen molar-refractivity contribution < 1.29 is 29.3 Å². The molecule has 22 heteroatoms. The Kier molecular flexibility index (Phi) is 18.8. The average Bonchev–Trinajstić information content (AvgIpc) is 3.08. The Balaban J connectivity index is 0.0000130. The molecule has 0 saturated carbocycles. The summed E-state index contributed by atoms with van der Waals surface area (Å²) in [6, 6.07) is 3.81. The van der Waals surface area contributed by atoms with Crippen LogP contribution in [0.2, 0.25) is 0 Å². The highest BCUT2D eigenvalue weighted by Gasteiger charge is 2.31. The third-order valence-corrected chi connectivity index (χ3v) is 7.96. The molecule has 0 aliphatic rings. The van der Waals surface area contributed by atoms with E-state index in [0.717, 1.165) is 24.3 Å². The van der Waals surface area contributed by atoms with Gasteiger partial charge in [0.1, 0.15) is 22.5 Å². The number of nitrogens with one attached hydrogen (secondary N) is 2. The van der Waals surface area contributed by atoms with Crippen LogP contribution in [0.5, 0.6) is 0 Å². The van der Waals surface area contributed by atoms with Gasteiger partial charge in [-0.1, -0.05) is 0 Å². The summed E-state index contributed by atoms with van der Waals surface area (Å²) >= 11 is 11.6. The molecule has 2 amide bonds. The van der Waals surface area contributed by atoms with Crippen LogP contribution >= 0.6 is 35.6 Å². The highest BCUT2D eigenvalue weighted by molar-refractivity contribution is 6.18. The molecule has 2 aromatic rings. The van der Waals surface area contributed by atoms with E-state index in [1.54, 1.807) is 30.7 Å². The Morgan fingerprint density at radius 1 is 0.627 bits per heavy atom. The molecular formula is C29H40Cl3N9O10. The SMILES string of the molecule is CCN(CCCl)c1cc(C(=O)NCCCN(C)CCCNC(=O)c2cc(N(CC)CCCl)c([N+](=O)[O-])cc2[N+](=O)[O-])c([N+](=O)[O-])cc1[N+](=O)[O-].Cl. The van der Waals surface area contributed by atoms with Gasteiger partial charge in [0.15, 0.2) is 0 Å². The highest BCUT2D eigenvalue weighted by atomic mass is 35.5. The number of rotatable bonds is 22. The molecule has 2 aromatic carbocycles. The van der Waals surface area contributed by atoms with E-state index in [9.17, 15) is 50.0 Å². The number of nitrogens with zero attached hydrogens (tertiary/aromatic N) is 7. The normalized spacial score (nSPS) is 10.6. The van der Waals surface area contributed by atoms with Gasteiger partial charge >= 0.3 is 0 Å². The van der Waals surface area contributed by atoms with Gasteiger partial charge in [-0.25, -0.2) is 0 Å². The van der Waals surface area contributed by atoms with Crippen molar-refractivity contribution in [2.24, 2.45) is 0 Å². The molecule has 2 N–H and O–H groups in total. The molecular weight excluding hydrogens is 741 g/mol. The number of halogens is 3. The zero-order valence-electron chi connectivity index (χ0n) is 28.2. The second-order valence-corrected chi connectivity index (χ2v) is 11.6. The van der Waals surface area contributed by atoms with E-state index < -0.39 is 54.3 Å². The first kappa shape index (κ1) is 44.4. The minimum Gasteiger partial charge on any atom is -0.365 e. The minimum absolute atomic E-state index is 0. The summed E-state index contributed by atoms with van der Waals surface area (Å²) in [5.74, 6) is -1.26. The van der Waals surface area contributed by atoms with Crippen molar-refractivity contribution in [1.29, 1.82) is 0 Å². The molecule has 0 saturated heterocycles. The minimum atomic E-state index is -0.851. The molecule has 0 spiro atoms.